The van der Waals surface area contributed by atoms with Gasteiger partial charge in [-0.05, 0) is 28.1 Å². The molecule has 15 heavy (non-hydrogen) atoms. The van der Waals surface area contributed by atoms with Crippen LogP contribution in [0.4, 0.5) is 8.78 Å². The summed E-state index contributed by atoms with van der Waals surface area (Å²) < 4.78 is 26.4. The highest BCUT2D eigenvalue weighted by Crippen LogP contribution is 2.20. The lowest BCUT2D eigenvalue weighted by Crippen LogP contribution is -2.24. The monoisotopic (exact) mass is 277 g/mol. The Morgan fingerprint density at radius 1 is 1.33 bits per heavy atom. The Hall–Kier alpha value is -0.970. The van der Waals surface area contributed by atoms with Crippen molar-refractivity contribution in [1.29, 1.82) is 0 Å². The highest BCUT2D eigenvalue weighted by atomic mass is 79.9. The van der Waals surface area contributed by atoms with Crippen LogP contribution in [0.5, 0.6) is 0 Å². The lowest BCUT2D eigenvalue weighted by Gasteiger charge is -2.10. The lowest BCUT2D eigenvalue weighted by atomic mass is 10.1. The molecule has 0 unspecified atom stereocenters. The van der Waals surface area contributed by atoms with E-state index in [9.17, 15) is 13.6 Å². The van der Waals surface area contributed by atoms with E-state index in [1.807, 2.05) is 0 Å². The van der Waals surface area contributed by atoms with E-state index in [0.717, 1.165) is 12.1 Å². The Balaban J connectivity index is 2.96. The van der Waals surface area contributed by atoms with Crippen LogP contribution in [0.2, 0.25) is 0 Å². The summed E-state index contributed by atoms with van der Waals surface area (Å²) in [7, 11) is 3.13. The zero-order valence-electron chi connectivity index (χ0n) is 8.35. The van der Waals surface area contributed by atoms with Gasteiger partial charge in [-0.1, -0.05) is 0 Å². The zero-order valence-corrected chi connectivity index (χ0v) is 9.94. The number of carbonyl (C=O) groups is 1. The SMILES string of the molecule is CN(C)C(=O)Cc1cc(F)c(Br)cc1F. The molecule has 0 saturated heterocycles. The van der Waals surface area contributed by atoms with Crippen molar-refractivity contribution in [3.63, 3.8) is 0 Å². The highest BCUT2D eigenvalue weighted by molar-refractivity contribution is 9.10. The molecule has 0 N–H and O–H groups in total. The molecule has 0 atom stereocenters. The summed E-state index contributed by atoms with van der Waals surface area (Å²) in [6, 6.07) is 2.05. The summed E-state index contributed by atoms with van der Waals surface area (Å²) in [6.45, 7) is 0. The standard InChI is InChI=1S/C10H10BrF2NO/c1-14(2)10(15)4-6-3-9(13)7(11)5-8(6)12/h3,5H,4H2,1-2H3. The van der Waals surface area contributed by atoms with Crippen molar-refractivity contribution in [3.8, 4) is 0 Å². The molecule has 0 aliphatic carbocycles. The molecule has 0 spiro atoms. The fourth-order valence-electron chi connectivity index (χ4n) is 1.02. The Morgan fingerprint density at radius 2 is 1.93 bits per heavy atom. The zero-order chi connectivity index (χ0) is 11.6. The molecule has 0 aliphatic rings. The van der Waals surface area contributed by atoms with Gasteiger partial charge in [-0.2, -0.15) is 0 Å². The highest BCUT2D eigenvalue weighted by Gasteiger charge is 2.12. The minimum Gasteiger partial charge on any atom is -0.349 e. The maximum atomic E-state index is 13.3. The summed E-state index contributed by atoms with van der Waals surface area (Å²) in [5.41, 5.74) is 0.0643. The van der Waals surface area contributed by atoms with Gasteiger partial charge in [0.05, 0.1) is 10.9 Å². The van der Waals surface area contributed by atoms with Crippen molar-refractivity contribution in [2.45, 2.75) is 6.42 Å². The molecule has 0 aliphatic heterocycles. The van der Waals surface area contributed by atoms with Crippen LogP contribution in [0.25, 0.3) is 0 Å². The van der Waals surface area contributed by atoms with Crippen molar-refractivity contribution in [1.82, 2.24) is 4.90 Å². The van der Waals surface area contributed by atoms with Crippen LogP contribution in [0.3, 0.4) is 0 Å². The molecule has 0 heterocycles. The molecular formula is C10H10BrF2NO. The normalized spacial score (nSPS) is 10.2. The van der Waals surface area contributed by atoms with Gasteiger partial charge in [0.2, 0.25) is 5.91 Å². The molecule has 1 rings (SSSR count). The summed E-state index contributed by atoms with van der Waals surface area (Å²) >= 11 is 2.86. The van der Waals surface area contributed by atoms with Gasteiger partial charge < -0.3 is 4.90 Å². The molecule has 1 amide bonds. The second-order valence-electron chi connectivity index (χ2n) is 3.32. The topological polar surface area (TPSA) is 20.3 Å². The van der Waals surface area contributed by atoms with Gasteiger partial charge >= 0.3 is 0 Å². The van der Waals surface area contributed by atoms with E-state index >= 15 is 0 Å². The van der Waals surface area contributed by atoms with E-state index in [-0.39, 0.29) is 22.4 Å². The maximum Gasteiger partial charge on any atom is 0.226 e. The van der Waals surface area contributed by atoms with Crippen molar-refractivity contribution >= 4 is 21.8 Å². The number of nitrogens with zero attached hydrogens (tertiary/aromatic N) is 1. The smallest absolute Gasteiger partial charge is 0.226 e. The molecule has 82 valence electrons. The van der Waals surface area contributed by atoms with Gasteiger partial charge in [-0.15, -0.1) is 0 Å². The Kier molecular flexibility index (Phi) is 3.79. The molecular weight excluding hydrogens is 268 g/mol. The number of hydrogen-bond acceptors (Lipinski definition) is 1. The van der Waals surface area contributed by atoms with Crippen LogP contribution in [0.15, 0.2) is 16.6 Å². The van der Waals surface area contributed by atoms with Crippen LogP contribution >= 0.6 is 15.9 Å². The summed E-state index contributed by atoms with van der Waals surface area (Å²) in [6.07, 6.45) is -0.136. The predicted molar refractivity (Wildman–Crippen MR) is 56.5 cm³/mol. The fourth-order valence-corrected chi connectivity index (χ4v) is 1.34. The number of amides is 1. The van der Waals surface area contributed by atoms with Crippen LogP contribution in [0, 0.1) is 11.6 Å². The second kappa shape index (κ2) is 4.70. The van der Waals surface area contributed by atoms with Crippen molar-refractivity contribution in [2.24, 2.45) is 0 Å². The predicted octanol–water partition coefficient (Wildman–Crippen LogP) is 2.36. The van der Waals surface area contributed by atoms with Gasteiger partial charge in [0, 0.05) is 19.7 Å². The van der Waals surface area contributed by atoms with E-state index in [1.54, 1.807) is 14.1 Å². The number of benzene rings is 1. The van der Waals surface area contributed by atoms with E-state index in [1.165, 1.54) is 4.90 Å². The molecule has 0 radical (unpaired) electrons. The molecule has 0 bridgehead atoms. The van der Waals surface area contributed by atoms with Gasteiger partial charge in [-0.25, -0.2) is 8.78 Å². The Bertz CT molecular complexity index is 393. The van der Waals surface area contributed by atoms with Crippen LogP contribution in [-0.4, -0.2) is 24.9 Å². The molecule has 0 fully saturated rings. The lowest BCUT2D eigenvalue weighted by molar-refractivity contribution is -0.128. The van der Waals surface area contributed by atoms with Crippen LogP contribution < -0.4 is 0 Å². The molecule has 1 aromatic carbocycles. The first-order valence-corrected chi connectivity index (χ1v) is 5.04. The molecule has 0 aromatic heterocycles. The first-order chi connectivity index (χ1) is 6.91. The number of hydrogen-bond donors (Lipinski definition) is 0. The van der Waals surface area contributed by atoms with Crippen LogP contribution in [-0.2, 0) is 11.2 Å². The average Bonchev–Trinajstić information content (AvgIpc) is 2.13. The number of carbonyl (C=O) groups excluding carboxylic acids is 1. The largest absolute Gasteiger partial charge is 0.349 e. The summed E-state index contributed by atoms with van der Waals surface area (Å²) in [5.74, 6) is -1.42. The van der Waals surface area contributed by atoms with Crippen molar-refractivity contribution in [2.75, 3.05) is 14.1 Å². The average molecular weight is 278 g/mol. The Labute approximate surface area is 95.0 Å². The number of likely N-dealkylation sites (N-methyl/N-ethyl adjacent to an activating group) is 1. The number of halogens is 3. The Morgan fingerprint density at radius 3 is 2.47 bits per heavy atom. The van der Waals surface area contributed by atoms with Gasteiger partial charge in [-0.3, -0.25) is 4.79 Å². The summed E-state index contributed by atoms with van der Waals surface area (Å²) in [4.78, 5) is 12.6. The third kappa shape index (κ3) is 2.99. The molecule has 2 nitrogen and oxygen atoms in total. The van der Waals surface area contributed by atoms with E-state index in [4.69, 9.17) is 0 Å². The maximum absolute atomic E-state index is 13.3. The van der Waals surface area contributed by atoms with E-state index < -0.39 is 11.6 Å². The van der Waals surface area contributed by atoms with Gasteiger partial charge in [0.1, 0.15) is 11.6 Å². The fraction of sp³-hybridized carbons (Fsp3) is 0.300. The first-order valence-electron chi connectivity index (χ1n) is 4.25. The van der Waals surface area contributed by atoms with Gasteiger partial charge in [0.15, 0.2) is 0 Å². The molecule has 1 aromatic rings. The van der Waals surface area contributed by atoms with E-state index in [2.05, 4.69) is 15.9 Å². The quantitative estimate of drug-likeness (QED) is 0.760. The van der Waals surface area contributed by atoms with Crippen molar-refractivity contribution in [3.05, 3.63) is 33.8 Å². The minimum atomic E-state index is -0.585. The minimum absolute atomic E-state index is 0.0565. The first kappa shape index (κ1) is 12.1. The summed E-state index contributed by atoms with van der Waals surface area (Å²) in [5, 5.41) is 0. The van der Waals surface area contributed by atoms with Gasteiger partial charge in [0.25, 0.3) is 0 Å². The van der Waals surface area contributed by atoms with E-state index in [0.29, 0.717) is 0 Å². The molecule has 0 saturated carbocycles. The third-order valence-electron chi connectivity index (χ3n) is 1.93. The third-order valence-corrected chi connectivity index (χ3v) is 2.54. The second-order valence-corrected chi connectivity index (χ2v) is 4.18. The van der Waals surface area contributed by atoms with Crippen molar-refractivity contribution < 1.29 is 13.6 Å². The molecule has 5 heteroatoms. The number of rotatable bonds is 2. The van der Waals surface area contributed by atoms with Crippen LogP contribution in [0.1, 0.15) is 5.56 Å².